The Balaban J connectivity index is 2.04. The first-order valence-electron chi connectivity index (χ1n) is 6.99. The van der Waals surface area contributed by atoms with Crippen molar-refractivity contribution in [1.82, 2.24) is 0 Å². The normalized spacial score (nSPS) is 11.1. The zero-order valence-corrected chi connectivity index (χ0v) is 11.4. The molecule has 0 saturated heterocycles. The van der Waals surface area contributed by atoms with Gasteiger partial charge in [-0.3, -0.25) is 0 Å². The van der Waals surface area contributed by atoms with Crippen molar-refractivity contribution in [2.75, 3.05) is 0 Å². The average Bonchev–Trinajstić information content (AvgIpc) is 2.53. The smallest absolute Gasteiger partial charge is 0.123 e. The lowest BCUT2D eigenvalue weighted by atomic mass is 9.96. The van der Waals surface area contributed by atoms with Gasteiger partial charge in [0.25, 0.3) is 0 Å². The van der Waals surface area contributed by atoms with E-state index in [0.29, 0.717) is 0 Å². The molecule has 4 rings (SSSR count). The molecule has 0 unspecified atom stereocenters. The lowest BCUT2D eigenvalue weighted by Gasteiger charge is -2.09. The van der Waals surface area contributed by atoms with E-state index in [1.807, 2.05) is 12.1 Å². The second-order valence-electron chi connectivity index (χ2n) is 5.23. The van der Waals surface area contributed by atoms with E-state index in [1.54, 1.807) is 0 Å². The average molecular weight is 272 g/mol. The second-order valence-corrected chi connectivity index (χ2v) is 5.23. The van der Waals surface area contributed by atoms with E-state index in [2.05, 4.69) is 54.6 Å². The van der Waals surface area contributed by atoms with Crippen LogP contribution in [-0.2, 0) is 0 Å². The Bertz CT molecular complexity index is 937. The molecule has 0 aliphatic heterocycles. The molecule has 0 spiro atoms. The molecule has 0 atom stereocenters. The Hall–Kier alpha value is -2.67. The predicted octanol–water partition coefficient (Wildman–Crippen LogP) is 5.80. The highest BCUT2D eigenvalue weighted by Gasteiger charge is 2.05. The third kappa shape index (κ3) is 2.07. The first kappa shape index (κ1) is 12.1. The van der Waals surface area contributed by atoms with Gasteiger partial charge in [0, 0.05) is 0 Å². The Labute approximate surface area is 122 Å². The third-order valence-electron chi connectivity index (χ3n) is 3.90. The van der Waals surface area contributed by atoms with Crippen LogP contribution in [0.4, 0.5) is 4.39 Å². The summed E-state index contributed by atoms with van der Waals surface area (Å²) in [4.78, 5) is 0. The van der Waals surface area contributed by atoms with E-state index >= 15 is 0 Å². The molecule has 100 valence electrons. The van der Waals surface area contributed by atoms with E-state index in [1.165, 1.54) is 33.7 Å². The molecule has 0 amide bonds. The zero-order valence-electron chi connectivity index (χ0n) is 11.4. The fourth-order valence-electron chi connectivity index (χ4n) is 2.85. The van der Waals surface area contributed by atoms with E-state index in [-0.39, 0.29) is 5.82 Å². The summed E-state index contributed by atoms with van der Waals surface area (Å²) >= 11 is 0. The Morgan fingerprint density at radius 1 is 0.571 bits per heavy atom. The molecule has 0 fully saturated rings. The highest BCUT2D eigenvalue weighted by molar-refractivity contribution is 6.04. The van der Waals surface area contributed by atoms with Crippen molar-refractivity contribution in [2.24, 2.45) is 0 Å². The maximum atomic E-state index is 13.1. The Kier molecular flexibility index (Phi) is 2.71. The molecule has 0 N–H and O–H groups in total. The lowest BCUT2D eigenvalue weighted by molar-refractivity contribution is 0.628. The molecule has 0 nitrogen and oxygen atoms in total. The number of fused-ring (bicyclic) bond motifs is 2. The van der Waals surface area contributed by atoms with Crippen LogP contribution in [0.15, 0.2) is 78.9 Å². The minimum absolute atomic E-state index is 0.204. The molecule has 1 heteroatoms. The molecule has 0 radical (unpaired) electrons. The maximum Gasteiger partial charge on any atom is 0.123 e. The van der Waals surface area contributed by atoms with Gasteiger partial charge >= 0.3 is 0 Å². The van der Waals surface area contributed by atoms with Gasteiger partial charge in [-0.05, 0) is 56.9 Å². The fraction of sp³-hybridized carbons (Fsp3) is 0. The minimum atomic E-state index is -0.204. The summed E-state index contributed by atoms with van der Waals surface area (Å²) in [6.07, 6.45) is 0. The minimum Gasteiger partial charge on any atom is -0.207 e. The molecular formula is C20H13F. The van der Waals surface area contributed by atoms with Crippen LogP contribution >= 0.6 is 0 Å². The van der Waals surface area contributed by atoms with Crippen LogP contribution < -0.4 is 0 Å². The first-order valence-corrected chi connectivity index (χ1v) is 6.99. The molecular weight excluding hydrogens is 259 g/mol. The standard InChI is InChI=1S/C20H13F/c21-18-10-8-14(9-11-18)19-7-3-6-17-12-15-4-1-2-5-16(15)13-20(17)19/h1-13H. The topological polar surface area (TPSA) is 0 Å². The SMILES string of the molecule is Fc1ccc(-c2cccc3cc4ccccc4cc23)cc1. The summed E-state index contributed by atoms with van der Waals surface area (Å²) < 4.78 is 13.1. The molecule has 0 bridgehead atoms. The summed E-state index contributed by atoms with van der Waals surface area (Å²) in [5.74, 6) is -0.204. The van der Waals surface area contributed by atoms with Gasteiger partial charge in [0.2, 0.25) is 0 Å². The number of benzene rings is 4. The van der Waals surface area contributed by atoms with Crippen molar-refractivity contribution >= 4 is 21.5 Å². The van der Waals surface area contributed by atoms with Gasteiger partial charge in [-0.1, -0.05) is 54.6 Å². The monoisotopic (exact) mass is 272 g/mol. The molecule has 4 aromatic rings. The van der Waals surface area contributed by atoms with Crippen LogP contribution in [0.5, 0.6) is 0 Å². The quantitative estimate of drug-likeness (QED) is 0.384. The Morgan fingerprint density at radius 2 is 1.24 bits per heavy atom. The zero-order chi connectivity index (χ0) is 14.2. The van der Waals surface area contributed by atoms with E-state index in [0.717, 1.165) is 11.1 Å². The number of halogens is 1. The highest BCUT2D eigenvalue weighted by Crippen LogP contribution is 2.31. The lowest BCUT2D eigenvalue weighted by Crippen LogP contribution is -1.83. The third-order valence-corrected chi connectivity index (χ3v) is 3.90. The first-order chi connectivity index (χ1) is 10.3. The largest absolute Gasteiger partial charge is 0.207 e. The van der Waals surface area contributed by atoms with Gasteiger partial charge in [0.15, 0.2) is 0 Å². The fourth-order valence-corrected chi connectivity index (χ4v) is 2.85. The Morgan fingerprint density at radius 3 is 2.00 bits per heavy atom. The molecule has 4 aromatic carbocycles. The van der Waals surface area contributed by atoms with Gasteiger partial charge in [-0.25, -0.2) is 4.39 Å². The van der Waals surface area contributed by atoms with Crippen molar-refractivity contribution in [3.05, 3.63) is 84.7 Å². The number of rotatable bonds is 1. The van der Waals surface area contributed by atoms with Crippen molar-refractivity contribution < 1.29 is 4.39 Å². The van der Waals surface area contributed by atoms with Crippen LogP contribution in [0.1, 0.15) is 0 Å². The van der Waals surface area contributed by atoms with E-state index in [4.69, 9.17) is 0 Å². The summed E-state index contributed by atoms with van der Waals surface area (Å²) in [5.41, 5.74) is 2.18. The molecule has 0 saturated carbocycles. The van der Waals surface area contributed by atoms with Crippen LogP contribution in [0.25, 0.3) is 32.7 Å². The maximum absolute atomic E-state index is 13.1. The van der Waals surface area contributed by atoms with E-state index < -0.39 is 0 Å². The molecule has 0 aliphatic carbocycles. The van der Waals surface area contributed by atoms with Crippen molar-refractivity contribution in [3.63, 3.8) is 0 Å². The van der Waals surface area contributed by atoms with Gasteiger partial charge in [-0.2, -0.15) is 0 Å². The van der Waals surface area contributed by atoms with Crippen molar-refractivity contribution in [3.8, 4) is 11.1 Å². The molecule has 0 aliphatic rings. The van der Waals surface area contributed by atoms with Crippen molar-refractivity contribution in [1.29, 1.82) is 0 Å². The number of hydrogen-bond donors (Lipinski definition) is 0. The van der Waals surface area contributed by atoms with Gasteiger partial charge in [0.1, 0.15) is 5.82 Å². The molecule has 0 aromatic heterocycles. The van der Waals surface area contributed by atoms with E-state index in [9.17, 15) is 4.39 Å². The van der Waals surface area contributed by atoms with Gasteiger partial charge < -0.3 is 0 Å². The van der Waals surface area contributed by atoms with Crippen LogP contribution in [0.2, 0.25) is 0 Å². The highest BCUT2D eigenvalue weighted by atomic mass is 19.1. The van der Waals surface area contributed by atoms with Crippen LogP contribution in [0, 0.1) is 5.82 Å². The molecule has 0 heterocycles. The predicted molar refractivity (Wildman–Crippen MR) is 86.8 cm³/mol. The second kappa shape index (κ2) is 4.71. The van der Waals surface area contributed by atoms with Crippen molar-refractivity contribution in [2.45, 2.75) is 0 Å². The molecule has 21 heavy (non-hydrogen) atoms. The number of hydrogen-bond acceptors (Lipinski definition) is 0. The summed E-state index contributed by atoms with van der Waals surface area (Å²) in [6.45, 7) is 0. The summed E-state index contributed by atoms with van der Waals surface area (Å²) in [5, 5.41) is 4.86. The van der Waals surface area contributed by atoms with Gasteiger partial charge in [-0.15, -0.1) is 0 Å². The summed E-state index contributed by atoms with van der Waals surface area (Å²) in [6, 6.07) is 25.7. The van der Waals surface area contributed by atoms with Crippen LogP contribution in [-0.4, -0.2) is 0 Å². The van der Waals surface area contributed by atoms with Crippen LogP contribution in [0.3, 0.4) is 0 Å². The van der Waals surface area contributed by atoms with Gasteiger partial charge in [0.05, 0.1) is 0 Å². The summed E-state index contributed by atoms with van der Waals surface area (Å²) in [7, 11) is 0.